The number of carbonyl (C=O) groups is 1. The molecule has 0 bridgehead atoms. The Balaban J connectivity index is 1.94. The highest BCUT2D eigenvalue weighted by atomic mass is 16.1. The fraction of sp³-hybridized carbons (Fsp3) is 0.941. The number of carbonyl (C=O) groups excluding carboxylic acids is 1. The molecule has 2 rings (SSSR count). The van der Waals surface area contributed by atoms with Gasteiger partial charge in [-0.2, -0.15) is 0 Å². The van der Waals surface area contributed by atoms with E-state index in [4.69, 9.17) is 0 Å². The molecule has 2 aliphatic rings. The average Bonchev–Trinajstić information content (AvgIpc) is 3.21. The van der Waals surface area contributed by atoms with Gasteiger partial charge in [0.25, 0.3) is 0 Å². The molecule has 110 valence electrons. The summed E-state index contributed by atoms with van der Waals surface area (Å²) in [6.07, 6.45) is 12.7. The Bertz CT molecular complexity index is 275. The van der Waals surface area contributed by atoms with Crippen molar-refractivity contribution in [2.24, 2.45) is 11.3 Å². The van der Waals surface area contributed by atoms with Gasteiger partial charge in [0.2, 0.25) is 0 Å². The summed E-state index contributed by atoms with van der Waals surface area (Å²) in [5.74, 6) is 0.766. The highest BCUT2D eigenvalue weighted by Gasteiger charge is 2.37. The maximum absolute atomic E-state index is 11.7. The zero-order chi connectivity index (χ0) is 13.7. The van der Waals surface area contributed by atoms with Crippen molar-refractivity contribution in [1.82, 2.24) is 4.90 Å². The van der Waals surface area contributed by atoms with Crippen molar-refractivity contribution in [2.45, 2.75) is 77.7 Å². The van der Waals surface area contributed by atoms with Crippen LogP contribution < -0.4 is 0 Å². The lowest BCUT2D eigenvalue weighted by Gasteiger charge is -2.34. The quantitative estimate of drug-likeness (QED) is 0.511. The smallest absolute Gasteiger partial charge is 0.127 e. The molecule has 0 aliphatic heterocycles. The predicted molar refractivity (Wildman–Crippen MR) is 80.2 cm³/mol. The van der Waals surface area contributed by atoms with Gasteiger partial charge in [-0.1, -0.05) is 39.5 Å². The van der Waals surface area contributed by atoms with E-state index in [-0.39, 0.29) is 5.41 Å². The first-order valence-corrected chi connectivity index (χ1v) is 8.36. The van der Waals surface area contributed by atoms with Gasteiger partial charge in [0.05, 0.1) is 0 Å². The second kappa shape index (κ2) is 6.88. The second-order valence-corrected chi connectivity index (χ2v) is 7.28. The maximum Gasteiger partial charge on any atom is 0.127 e. The molecule has 0 N–H and O–H groups in total. The van der Waals surface area contributed by atoms with Crippen LogP contribution in [0.25, 0.3) is 0 Å². The predicted octanol–water partition coefficient (Wildman–Crippen LogP) is 4.04. The lowest BCUT2D eigenvalue weighted by atomic mass is 9.81. The monoisotopic (exact) mass is 265 g/mol. The van der Waals surface area contributed by atoms with E-state index in [1.807, 2.05) is 0 Å². The maximum atomic E-state index is 11.7. The number of aldehydes is 1. The van der Waals surface area contributed by atoms with Crippen molar-refractivity contribution in [3.05, 3.63) is 0 Å². The molecule has 0 saturated heterocycles. The van der Waals surface area contributed by atoms with Crippen LogP contribution in [0, 0.1) is 11.3 Å². The van der Waals surface area contributed by atoms with Crippen LogP contribution in [0.4, 0.5) is 0 Å². The third-order valence-corrected chi connectivity index (χ3v) is 4.92. The van der Waals surface area contributed by atoms with Crippen LogP contribution in [0.1, 0.15) is 71.6 Å². The minimum absolute atomic E-state index is 0.0178. The van der Waals surface area contributed by atoms with Crippen molar-refractivity contribution in [2.75, 3.05) is 13.1 Å². The summed E-state index contributed by atoms with van der Waals surface area (Å²) in [6.45, 7) is 6.82. The van der Waals surface area contributed by atoms with Gasteiger partial charge < -0.3 is 4.79 Å². The second-order valence-electron chi connectivity index (χ2n) is 7.28. The zero-order valence-corrected chi connectivity index (χ0v) is 12.9. The van der Waals surface area contributed by atoms with Gasteiger partial charge in [-0.05, 0) is 44.6 Å². The van der Waals surface area contributed by atoms with E-state index in [0.717, 1.165) is 31.3 Å². The molecule has 0 heterocycles. The van der Waals surface area contributed by atoms with Crippen LogP contribution in [0.15, 0.2) is 0 Å². The Morgan fingerprint density at radius 1 is 1.16 bits per heavy atom. The van der Waals surface area contributed by atoms with Crippen LogP contribution in [0.3, 0.4) is 0 Å². The molecule has 2 saturated carbocycles. The van der Waals surface area contributed by atoms with Crippen LogP contribution in [0.5, 0.6) is 0 Å². The minimum Gasteiger partial charge on any atom is -0.303 e. The Labute approximate surface area is 118 Å². The molecule has 2 nitrogen and oxygen atoms in total. The molecule has 0 amide bonds. The summed E-state index contributed by atoms with van der Waals surface area (Å²) in [4.78, 5) is 14.4. The van der Waals surface area contributed by atoms with Gasteiger partial charge in [0.15, 0.2) is 0 Å². The highest BCUT2D eigenvalue weighted by Crippen LogP contribution is 2.37. The first-order valence-electron chi connectivity index (χ1n) is 8.36. The van der Waals surface area contributed by atoms with Crippen molar-refractivity contribution in [3.63, 3.8) is 0 Å². The third kappa shape index (κ3) is 4.59. The van der Waals surface area contributed by atoms with Crippen LogP contribution in [0.2, 0.25) is 0 Å². The first kappa shape index (κ1) is 15.0. The van der Waals surface area contributed by atoms with E-state index in [1.165, 1.54) is 57.8 Å². The summed E-state index contributed by atoms with van der Waals surface area (Å²) >= 11 is 0. The number of rotatable bonds is 7. The summed E-state index contributed by atoms with van der Waals surface area (Å²) in [5, 5.41) is 0. The molecule has 0 aromatic rings. The lowest BCUT2D eigenvalue weighted by Crippen LogP contribution is -2.40. The summed E-state index contributed by atoms with van der Waals surface area (Å²) in [5.41, 5.74) is -0.0178. The van der Waals surface area contributed by atoms with Gasteiger partial charge in [-0.15, -0.1) is 0 Å². The SMILES string of the molecule is CC(C)CCN(CC1(C=O)CCCCCC1)C1CC1. The van der Waals surface area contributed by atoms with Gasteiger partial charge in [-0.25, -0.2) is 0 Å². The Hall–Kier alpha value is -0.370. The molecule has 2 aliphatic carbocycles. The number of hydrogen-bond donors (Lipinski definition) is 0. The van der Waals surface area contributed by atoms with Crippen molar-refractivity contribution in [1.29, 1.82) is 0 Å². The molecule has 0 radical (unpaired) electrons. The largest absolute Gasteiger partial charge is 0.303 e. The van der Waals surface area contributed by atoms with Crippen molar-refractivity contribution >= 4 is 6.29 Å². The standard InChI is InChI=1S/C17H31NO/c1-15(2)9-12-18(16-7-8-16)13-17(14-19)10-5-3-4-6-11-17/h14-16H,3-13H2,1-2H3. The normalized spacial score (nSPS) is 23.6. The molecule has 19 heavy (non-hydrogen) atoms. The number of hydrogen-bond acceptors (Lipinski definition) is 2. The first-order chi connectivity index (χ1) is 9.15. The molecule has 0 aromatic heterocycles. The molecule has 0 spiro atoms. The summed E-state index contributed by atoms with van der Waals surface area (Å²) in [6, 6.07) is 0.791. The van der Waals surface area contributed by atoms with Gasteiger partial charge in [0.1, 0.15) is 6.29 Å². The third-order valence-electron chi connectivity index (χ3n) is 4.92. The lowest BCUT2D eigenvalue weighted by molar-refractivity contribution is -0.118. The molecular formula is C17H31NO. The molecule has 2 fully saturated rings. The fourth-order valence-corrected chi connectivity index (χ4v) is 3.40. The zero-order valence-electron chi connectivity index (χ0n) is 12.9. The van der Waals surface area contributed by atoms with E-state index in [2.05, 4.69) is 18.7 Å². The Kier molecular flexibility index (Phi) is 5.44. The fourth-order valence-electron chi connectivity index (χ4n) is 3.40. The molecular weight excluding hydrogens is 234 g/mol. The molecule has 0 unspecified atom stereocenters. The van der Waals surface area contributed by atoms with Gasteiger partial charge in [0, 0.05) is 18.0 Å². The average molecular weight is 265 g/mol. The van der Waals surface area contributed by atoms with Gasteiger partial charge >= 0.3 is 0 Å². The van der Waals surface area contributed by atoms with Crippen LogP contribution >= 0.6 is 0 Å². The Morgan fingerprint density at radius 3 is 2.26 bits per heavy atom. The van der Waals surface area contributed by atoms with Crippen molar-refractivity contribution < 1.29 is 4.79 Å². The van der Waals surface area contributed by atoms with Crippen LogP contribution in [-0.2, 0) is 4.79 Å². The molecule has 2 heteroatoms. The summed E-state index contributed by atoms with van der Waals surface area (Å²) < 4.78 is 0. The Morgan fingerprint density at radius 2 is 1.79 bits per heavy atom. The molecule has 0 atom stereocenters. The molecule has 0 aromatic carbocycles. The minimum atomic E-state index is -0.0178. The highest BCUT2D eigenvalue weighted by molar-refractivity contribution is 5.59. The topological polar surface area (TPSA) is 20.3 Å². The number of nitrogens with zero attached hydrogens (tertiary/aromatic N) is 1. The van der Waals surface area contributed by atoms with E-state index in [1.54, 1.807) is 0 Å². The van der Waals surface area contributed by atoms with Crippen LogP contribution in [-0.4, -0.2) is 30.3 Å². The van der Waals surface area contributed by atoms with E-state index >= 15 is 0 Å². The van der Waals surface area contributed by atoms with E-state index < -0.39 is 0 Å². The van der Waals surface area contributed by atoms with Crippen molar-refractivity contribution in [3.8, 4) is 0 Å². The van der Waals surface area contributed by atoms with Gasteiger partial charge in [-0.3, -0.25) is 4.90 Å². The summed E-state index contributed by atoms with van der Waals surface area (Å²) in [7, 11) is 0. The van der Waals surface area contributed by atoms with E-state index in [0.29, 0.717) is 0 Å². The van der Waals surface area contributed by atoms with E-state index in [9.17, 15) is 4.79 Å².